The molecule has 0 saturated heterocycles. The van der Waals surface area contributed by atoms with Crippen LogP contribution in [-0.4, -0.2) is 9.78 Å². The summed E-state index contributed by atoms with van der Waals surface area (Å²) in [6, 6.07) is 5.97. The molecule has 0 aliphatic carbocycles. The van der Waals surface area contributed by atoms with Crippen LogP contribution >= 0.6 is 15.9 Å². The monoisotopic (exact) mass is 280 g/mol. The highest BCUT2D eigenvalue weighted by atomic mass is 79.9. The fraction of sp³-hybridized carbons (Fsp3) is 0.182. The number of nitrogens with two attached hydrogens (primary N) is 1. The molecule has 4 nitrogen and oxygen atoms in total. The number of aromatic nitrogens is 2. The molecule has 0 radical (unpaired) electrons. The zero-order chi connectivity index (χ0) is 11.7. The first-order valence-electron chi connectivity index (χ1n) is 4.89. The number of hydrogen-bond donors (Lipinski definition) is 2. The van der Waals surface area contributed by atoms with Crippen molar-refractivity contribution in [3.8, 4) is 0 Å². The average molecular weight is 281 g/mol. The Balaban J connectivity index is 2.34. The van der Waals surface area contributed by atoms with Crippen molar-refractivity contribution >= 4 is 33.1 Å². The molecule has 0 bridgehead atoms. The Labute approximate surface area is 103 Å². The first-order valence-corrected chi connectivity index (χ1v) is 5.68. The number of rotatable bonds is 2. The Bertz CT molecular complexity index is 519. The second-order valence-electron chi connectivity index (χ2n) is 3.64. The fourth-order valence-electron chi connectivity index (χ4n) is 1.47. The Morgan fingerprint density at radius 1 is 1.44 bits per heavy atom. The van der Waals surface area contributed by atoms with Gasteiger partial charge in [-0.15, -0.1) is 0 Å². The summed E-state index contributed by atoms with van der Waals surface area (Å²) in [5, 5.41) is 7.46. The molecule has 0 fully saturated rings. The molecule has 1 aromatic carbocycles. The molecule has 1 heterocycles. The lowest BCUT2D eigenvalue weighted by Gasteiger charge is -2.08. The molecular weight excluding hydrogens is 268 g/mol. The average Bonchev–Trinajstić information content (AvgIpc) is 2.53. The SMILES string of the molecule is Cc1c(Br)cccc1Nc1nn(C)cc1N. The van der Waals surface area contributed by atoms with Crippen LogP contribution in [0.25, 0.3) is 0 Å². The quantitative estimate of drug-likeness (QED) is 0.890. The van der Waals surface area contributed by atoms with E-state index in [4.69, 9.17) is 5.73 Å². The Hall–Kier alpha value is -1.49. The third kappa shape index (κ3) is 2.04. The normalized spacial score (nSPS) is 10.4. The van der Waals surface area contributed by atoms with Gasteiger partial charge in [-0.05, 0) is 24.6 Å². The first kappa shape index (κ1) is 11.0. The van der Waals surface area contributed by atoms with Crippen LogP contribution in [0.1, 0.15) is 5.56 Å². The van der Waals surface area contributed by atoms with E-state index in [1.165, 1.54) is 0 Å². The van der Waals surface area contributed by atoms with Gasteiger partial charge in [0.2, 0.25) is 0 Å². The number of hydrogen-bond acceptors (Lipinski definition) is 3. The van der Waals surface area contributed by atoms with Gasteiger partial charge in [-0.2, -0.15) is 5.10 Å². The van der Waals surface area contributed by atoms with Crippen molar-refractivity contribution in [2.75, 3.05) is 11.1 Å². The summed E-state index contributed by atoms with van der Waals surface area (Å²) in [6.07, 6.45) is 1.77. The molecule has 0 spiro atoms. The second kappa shape index (κ2) is 4.17. The van der Waals surface area contributed by atoms with E-state index >= 15 is 0 Å². The van der Waals surface area contributed by atoms with E-state index in [-0.39, 0.29) is 0 Å². The van der Waals surface area contributed by atoms with Crippen LogP contribution in [0.15, 0.2) is 28.9 Å². The van der Waals surface area contributed by atoms with Crippen molar-refractivity contribution in [1.82, 2.24) is 9.78 Å². The largest absolute Gasteiger partial charge is 0.394 e. The van der Waals surface area contributed by atoms with Crippen molar-refractivity contribution in [2.24, 2.45) is 7.05 Å². The minimum absolute atomic E-state index is 0.641. The standard InChI is InChI=1S/C11H13BrN4/c1-7-8(12)4-3-5-10(7)14-11-9(13)6-16(2)15-11/h3-6H,13H2,1-2H3,(H,14,15). The fourth-order valence-corrected chi connectivity index (χ4v) is 1.84. The lowest BCUT2D eigenvalue weighted by atomic mass is 10.2. The molecule has 5 heteroatoms. The van der Waals surface area contributed by atoms with Crippen LogP contribution < -0.4 is 11.1 Å². The highest BCUT2D eigenvalue weighted by Gasteiger charge is 2.07. The lowest BCUT2D eigenvalue weighted by Crippen LogP contribution is -1.97. The van der Waals surface area contributed by atoms with Gasteiger partial charge in [0.05, 0.1) is 5.69 Å². The number of halogens is 1. The van der Waals surface area contributed by atoms with Crippen molar-refractivity contribution < 1.29 is 0 Å². The summed E-state index contributed by atoms with van der Waals surface area (Å²) in [4.78, 5) is 0. The topological polar surface area (TPSA) is 55.9 Å². The molecule has 0 aliphatic heterocycles. The first-order chi connectivity index (χ1) is 7.58. The van der Waals surface area contributed by atoms with Gasteiger partial charge < -0.3 is 11.1 Å². The van der Waals surface area contributed by atoms with Crippen LogP contribution in [0.2, 0.25) is 0 Å². The minimum atomic E-state index is 0.641. The smallest absolute Gasteiger partial charge is 0.175 e. The molecule has 0 atom stereocenters. The van der Waals surface area contributed by atoms with E-state index in [0.29, 0.717) is 11.5 Å². The summed E-state index contributed by atoms with van der Waals surface area (Å²) in [5.41, 5.74) is 8.59. The van der Waals surface area contributed by atoms with E-state index in [1.54, 1.807) is 10.9 Å². The van der Waals surface area contributed by atoms with Gasteiger partial charge in [0.1, 0.15) is 0 Å². The van der Waals surface area contributed by atoms with Gasteiger partial charge in [-0.3, -0.25) is 4.68 Å². The summed E-state index contributed by atoms with van der Waals surface area (Å²) in [5.74, 6) is 0.684. The maximum Gasteiger partial charge on any atom is 0.175 e. The van der Waals surface area contributed by atoms with Crippen molar-refractivity contribution in [2.45, 2.75) is 6.92 Å². The number of aryl methyl sites for hydroxylation is 1. The Morgan fingerprint density at radius 3 is 2.81 bits per heavy atom. The number of anilines is 3. The summed E-state index contributed by atoms with van der Waals surface area (Å²) in [7, 11) is 1.84. The lowest BCUT2D eigenvalue weighted by molar-refractivity contribution is 0.771. The van der Waals surface area contributed by atoms with Crippen LogP contribution in [0.4, 0.5) is 17.2 Å². The van der Waals surface area contributed by atoms with Crippen molar-refractivity contribution in [3.63, 3.8) is 0 Å². The highest BCUT2D eigenvalue weighted by molar-refractivity contribution is 9.10. The zero-order valence-corrected chi connectivity index (χ0v) is 10.7. The van der Waals surface area contributed by atoms with Crippen LogP contribution in [0, 0.1) is 6.92 Å². The molecule has 1 aromatic heterocycles. The number of nitrogens with zero attached hydrogens (tertiary/aromatic N) is 2. The van der Waals surface area contributed by atoms with Gasteiger partial charge in [-0.1, -0.05) is 22.0 Å². The number of benzene rings is 1. The van der Waals surface area contributed by atoms with Crippen LogP contribution in [-0.2, 0) is 7.05 Å². The molecule has 0 unspecified atom stereocenters. The zero-order valence-electron chi connectivity index (χ0n) is 9.16. The van der Waals surface area contributed by atoms with Gasteiger partial charge in [0.25, 0.3) is 0 Å². The molecule has 2 aromatic rings. The van der Waals surface area contributed by atoms with Crippen LogP contribution in [0.3, 0.4) is 0 Å². The van der Waals surface area contributed by atoms with Gasteiger partial charge in [-0.25, -0.2) is 0 Å². The third-order valence-electron chi connectivity index (χ3n) is 2.38. The van der Waals surface area contributed by atoms with Crippen molar-refractivity contribution in [3.05, 3.63) is 34.4 Å². The highest BCUT2D eigenvalue weighted by Crippen LogP contribution is 2.27. The number of nitrogens with one attached hydrogen (secondary N) is 1. The van der Waals surface area contributed by atoms with Crippen molar-refractivity contribution in [1.29, 1.82) is 0 Å². The maximum absolute atomic E-state index is 5.82. The minimum Gasteiger partial charge on any atom is -0.394 e. The predicted molar refractivity (Wildman–Crippen MR) is 69.8 cm³/mol. The maximum atomic E-state index is 5.82. The molecule has 0 saturated carbocycles. The molecule has 0 aliphatic rings. The molecule has 0 amide bonds. The Morgan fingerprint density at radius 2 is 2.19 bits per heavy atom. The molecule has 16 heavy (non-hydrogen) atoms. The van der Waals surface area contributed by atoms with E-state index in [1.807, 2.05) is 32.2 Å². The third-order valence-corrected chi connectivity index (χ3v) is 3.24. The van der Waals surface area contributed by atoms with E-state index in [2.05, 4.69) is 26.3 Å². The van der Waals surface area contributed by atoms with E-state index in [0.717, 1.165) is 15.7 Å². The van der Waals surface area contributed by atoms with Gasteiger partial charge >= 0.3 is 0 Å². The number of nitrogen functional groups attached to an aromatic ring is 1. The summed E-state index contributed by atoms with van der Waals surface area (Å²) in [6.45, 7) is 2.03. The predicted octanol–water partition coefficient (Wildman–Crippen LogP) is 2.82. The second-order valence-corrected chi connectivity index (χ2v) is 4.50. The molecule has 2 rings (SSSR count). The Kier molecular flexibility index (Phi) is 2.87. The van der Waals surface area contributed by atoms with E-state index < -0.39 is 0 Å². The van der Waals surface area contributed by atoms with E-state index in [9.17, 15) is 0 Å². The molecular formula is C11H13BrN4. The molecule has 84 valence electrons. The van der Waals surface area contributed by atoms with Crippen LogP contribution in [0.5, 0.6) is 0 Å². The summed E-state index contributed by atoms with van der Waals surface area (Å²) >= 11 is 3.49. The molecule has 3 N–H and O–H groups in total. The summed E-state index contributed by atoms with van der Waals surface area (Å²) < 4.78 is 2.75. The van der Waals surface area contributed by atoms with Gasteiger partial charge in [0, 0.05) is 23.4 Å². The van der Waals surface area contributed by atoms with Gasteiger partial charge in [0.15, 0.2) is 5.82 Å².